The third-order valence-corrected chi connectivity index (χ3v) is 9.85. The molecule has 0 atom stereocenters. The largest absolute Gasteiger partial charge is 0.537 e. The summed E-state index contributed by atoms with van der Waals surface area (Å²) in [6, 6.07) is 10.3. The van der Waals surface area contributed by atoms with Gasteiger partial charge in [-0.2, -0.15) is 0 Å². The van der Waals surface area contributed by atoms with Gasteiger partial charge in [0.25, 0.3) is 0 Å². The second-order valence-electron chi connectivity index (χ2n) is 8.80. The molecule has 4 bridgehead atoms. The van der Waals surface area contributed by atoms with Gasteiger partial charge in [-0.05, 0) is 82.0 Å². The van der Waals surface area contributed by atoms with Crippen molar-refractivity contribution in [3.05, 3.63) is 30.3 Å². The zero-order valence-electron chi connectivity index (χ0n) is 16.4. The molecule has 0 amide bonds. The normalized spacial score (nSPS) is 32.9. The van der Waals surface area contributed by atoms with E-state index in [1.54, 1.807) is 0 Å². The number of benzene rings is 1. The van der Waals surface area contributed by atoms with E-state index in [4.69, 9.17) is 13.3 Å². The Hall–Kier alpha value is -0.683. The first-order valence-electron chi connectivity index (χ1n) is 10.6. The highest BCUT2D eigenvalue weighted by Gasteiger charge is 2.51. The highest BCUT2D eigenvalue weighted by Crippen LogP contribution is 2.61. The summed E-state index contributed by atoms with van der Waals surface area (Å²) in [5, 5.41) is 1.09. The maximum absolute atomic E-state index is 6.53. The SMILES string of the molecule is CCO[Si](OCC)(OCCC12CC3CC(CC(C3)C1)C2)c1ccccc1. The summed E-state index contributed by atoms with van der Waals surface area (Å²) in [4.78, 5) is 0. The molecule has 0 unspecified atom stereocenters. The van der Waals surface area contributed by atoms with Gasteiger partial charge >= 0.3 is 8.80 Å². The van der Waals surface area contributed by atoms with Crippen molar-refractivity contribution in [3.63, 3.8) is 0 Å². The van der Waals surface area contributed by atoms with Crippen molar-refractivity contribution < 1.29 is 13.3 Å². The van der Waals surface area contributed by atoms with Gasteiger partial charge in [0.1, 0.15) is 0 Å². The lowest BCUT2D eigenvalue weighted by Gasteiger charge is -2.57. The molecule has 1 aromatic carbocycles. The highest BCUT2D eigenvalue weighted by molar-refractivity contribution is 6.75. The smallest absolute Gasteiger partial charge is 0.370 e. The second-order valence-corrected chi connectivity index (χ2v) is 11.4. The van der Waals surface area contributed by atoms with E-state index >= 15 is 0 Å². The molecule has 4 heteroatoms. The third kappa shape index (κ3) is 3.66. The summed E-state index contributed by atoms with van der Waals surface area (Å²) in [6.07, 6.45) is 9.99. The molecule has 4 fully saturated rings. The third-order valence-electron chi connectivity index (χ3n) is 6.89. The molecule has 0 spiro atoms. The summed E-state index contributed by atoms with van der Waals surface area (Å²) in [6.45, 7) is 6.09. The van der Waals surface area contributed by atoms with Crippen LogP contribution in [-0.2, 0) is 13.3 Å². The van der Waals surface area contributed by atoms with Gasteiger partial charge in [-0.3, -0.25) is 0 Å². The Labute approximate surface area is 159 Å². The minimum atomic E-state index is -2.81. The lowest BCUT2D eigenvalue weighted by Crippen LogP contribution is -2.57. The molecular weight excluding hydrogens is 340 g/mol. The summed E-state index contributed by atoms with van der Waals surface area (Å²) < 4.78 is 18.9. The molecule has 4 aliphatic rings. The van der Waals surface area contributed by atoms with Crippen molar-refractivity contribution in [2.45, 2.75) is 58.8 Å². The van der Waals surface area contributed by atoms with Gasteiger partial charge in [0, 0.05) is 25.0 Å². The summed E-state index contributed by atoms with van der Waals surface area (Å²) in [5.74, 6) is 2.99. The molecular formula is C22H34O3Si. The van der Waals surface area contributed by atoms with E-state index in [2.05, 4.69) is 24.3 Å². The Balaban J connectivity index is 1.45. The first-order chi connectivity index (χ1) is 12.7. The Kier molecular flexibility index (Phi) is 5.56. The van der Waals surface area contributed by atoms with Gasteiger partial charge in [0.15, 0.2) is 0 Å². The van der Waals surface area contributed by atoms with Gasteiger partial charge in [-0.25, -0.2) is 0 Å². The van der Waals surface area contributed by atoms with E-state index in [-0.39, 0.29) is 0 Å². The van der Waals surface area contributed by atoms with Crippen LogP contribution in [0.25, 0.3) is 0 Å². The highest BCUT2D eigenvalue weighted by atomic mass is 28.4. The van der Waals surface area contributed by atoms with Crippen molar-refractivity contribution in [2.75, 3.05) is 19.8 Å². The van der Waals surface area contributed by atoms with E-state index in [1.165, 1.54) is 44.9 Å². The standard InChI is InChI=1S/C22H34O3Si/c1-3-23-26(24-4-2,21-8-6-5-7-9-21)25-11-10-22-15-18-12-19(16-22)14-20(13-18)17-22/h5-9,18-20H,3-4,10-17H2,1-2H3. The zero-order valence-corrected chi connectivity index (χ0v) is 17.4. The van der Waals surface area contributed by atoms with Crippen molar-refractivity contribution in [2.24, 2.45) is 23.2 Å². The van der Waals surface area contributed by atoms with Crippen molar-refractivity contribution in [1.82, 2.24) is 0 Å². The minimum Gasteiger partial charge on any atom is -0.370 e. The van der Waals surface area contributed by atoms with Crippen LogP contribution >= 0.6 is 0 Å². The molecule has 4 saturated carbocycles. The molecule has 0 aliphatic heterocycles. The summed E-state index contributed by atoms with van der Waals surface area (Å²) >= 11 is 0. The second kappa shape index (κ2) is 7.74. The molecule has 1 aromatic rings. The van der Waals surface area contributed by atoms with E-state index < -0.39 is 8.80 Å². The van der Waals surface area contributed by atoms with Gasteiger partial charge in [0.05, 0.1) is 0 Å². The first-order valence-corrected chi connectivity index (χ1v) is 12.4. The van der Waals surface area contributed by atoms with E-state index in [0.29, 0.717) is 18.6 Å². The first kappa shape index (κ1) is 18.7. The van der Waals surface area contributed by atoms with Gasteiger partial charge in [0.2, 0.25) is 0 Å². The van der Waals surface area contributed by atoms with Crippen LogP contribution in [0.3, 0.4) is 0 Å². The van der Waals surface area contributed by atoms with Crippen molar-refractivity contribution >= 4 is 14.0 Å². The molecule has 0 radical (unpaired) electrons. The van der Waals surface area contributed by atoms with Crippen molar-refractivity contribution in [1.29, 1.82) is 0 Å². The van der Waals surface area contributed by atoms with Crippen LogP contribution in [0, 0.1) is 23.2 Å². The van der Waals surface area contributed by atoms with Crippen LogP contribution in [0.2, 0.25) is 0 Å². The number of hydrogen-bond acceptors (Lipinski definition) is 3. The number of hydrogen-bond donors (Lipinski definition) is 0. The molecule has 3 nitrogen and oxygen atoms in total. The number of rotatable bonds is 9. The fraction of sp³-hybridized carbons (Fsp3) is 0.727. The Morgan fingerprint density at radius 1 is 0.846 bits per heavy atom. The van der Waals surface area contributed by atoms with Crippen LogP contribution < -0.4 is 5.19 Å². The molecule has 26 heavy (non-hydrogen) atoms. The van der Waals surface area contributed by atoms with Crippen LogP contribution in [0.1, 0.15) is 58.8 Å². The predicted molar refractivity (Wildman–Crippen MR) is 106 cm³/mol. The molecule has 0 N–H and O–H groups in total. The molecule has 0 heterocycles. The van der Waals surface area contributed by atoms with E-state index in [9.17, 15) is 0 Å². The summed E-state index contributed by atoms with van der Waals surface area (Å²) in [5.41, 5.74) is 0.546. The van der Waals surface area contributed by atoms with Gasteiger partial charge < -0.3 is 13.3 Å². The fourth-order valence-electron chi connectivity index (χ4n) is 6.40. The Morgan fingerprint density at radius 3 is 1.88 bits per heavy atom. The minimum absolute atomic E-state index is 0.546. The molecule has 5 rings (SSSR count). The maximum Gasteiger partial charge on any atom is 0.537 e. The topological polar surface area (TPSA) is 27.7 Å². The molecule has 0 aromatic heterocycles. The summed E-state index contributed by atoms with van der Waals surface area (Å²) in [7, 11) is -2.81. The predicted octanol–water partition coefficient (Wildman–Crippen LogP) is 4.53. The monoisotopic (exact) mass is 374 g/mol. The van der Waals surface area contributed by atoms with Gasteiger partial charge in [-0.15, -0.1) is 0 Å². The van der Waals surface area contributed by atoms with Crippen LogP contribution in [0.5, 0.6) is 0 Å². The average molecular weight is 375 g/mol. The maximum atomic E-state index is 6.53. The Bertz CT molecular complexity index is 547. The fourth-order valence-corrected chi connectivity index (χ4v) is 8.88. The van der Waals surface area contributed by atoms with Crippen molar-refractivity contribution in [3.8, 4) is 0 Å². The van der Waals surface area contributed by atoms with Crippen LogP contribution in [0.4, 0.5) is 0 Å². The quantitative estimate of drug-likeness (QED) is 0.595. The van der Waals surface area contributed by atoms with E-state index in [0.717, 1.165) is 29.5 Å². The molecule has 144 valence electrons. The van der Waals surface area contributed by atoms with Gasteiger partial charge in [-0.1, -0.05) is 30.3 Å². The van der Waals surface area contributed by atoms with E-state index in [1.807, 2.05) is 19.9 Å². The molecule has 0 saturated heterocycles. The Morgan fingerprint density at radius 2 is 1.38 bits per heavy atom. The lowest BCUT2D eigenvalue weighted by molar-refractivity contribution is -0.0659. The zero-order chi connectivity index (χ0) is 18.0. The average Bonchev–Trinajstić information content (AvgIpc) is 2.61. The van der Waals surface area contributed by atoms with Crippen LogP contribution in [-0.4, -0.2) is 28.6 Å². The molecule has 4 aliphatic carbocycles. The lowest BCUT2D eigenvalue weighted by atomic mass is 9.49. The van der Waals surface area contributed by atoms with Crippen LogP contribution in [0.15, 0.2) is 30.3 Å².